The van der Waals surface area contributed by atoms with Crippen LogP contribution in [0.4, 0.5) is 0 Å². The molecule has 0 spiro atoms. The molecule has 2 aliphatic rings. The summed E-state index contributed by atoms with van der Waals surface area (Å²) in [5.74, 6) is 0.134. The maximum atomic E-state index is 13.1. The Labute approximate surface area is 180 Å². The summed E-state index contributed by atoms with van der Waals surface area (Å²) in [5.41, 5.74) is 1.07. The summed E-state index contributed by atoms with van der Waals surface area (Å²) in [6.45, 7) is 3.82. The van der Waals surface area contributed by atoms with Crippen LogP contribution in [-0.4, -0.2) is 54.2 Å². The molecule has 0 unspecified atom stereocenters. The summed E-state index contributed by atoms with van der Waals surface area (Å²) in [6, 6.07) is 7.34. The van der Waals surface area contributed by atoms with Crippen LogP contribution in [0, 0.1) is 5.41 Å². The Morgan fingerprint density at radius 3 is 2.52 bits per heavy atom. The second kappa shape index (κ2) is 9.89. The molecule has 1 saturated carbocycles. The lowest BCUT2D eigenvalue weighted by atomic mass is 9.94. The molecule has 1 heterocycles. The molecule has 0 radical (unpaired) electrons. The lowest BCUT2D eigenvalue weighted by Crippen LogP contribution is -2.42. The number of sulfonamides is 1. The molecule has 1 aliphatic carbocycles. The van der Waals surface area contributed by atoms with Crippen LogP contribution in [0.5, 0.6) is 0 Å². The van der Waals surface area contributed by atoms with Crippen molar-refractivity contribution in [3.05, 3.63) is 29.8 Å². The molecule has 0 aromatic heterocycles. The number of benzene rings is 1. The van der Waals surface area contributed by atoms with Crippen molar-refractivity contribution in [3.8, 4) is 0 Å². The van der Waals surface area contributed by atoms with Crippen molar-refractivity contribution < 1.29 is 8.42 Å². The van der Waals surface area contributed by atoms with Gasteiger partial charge in [0, 0.05) is 19.1 Å². The van der Waals surface area contributed by atoms with Crippen molar-refractivity contribution in [2.24, 2.45) is 0 Å². The largest absolute Gasteiger partial charge is 0.379 e. The van der Waals surface area contributed by atoms with E-state index in [0.29, 0.717) is 19.1 Å². The normalized spacial score (nSPS) is 18.3. The minimum atomic E-state index is -3.69. The fourth-order valence-corrected chi connectivity index (χ4v) is 5.85. The highest BCUT2D eigenvalue weighted by Crippen LogP contribution is 2.28. The van der Waals surface area contributed by atoms with Crippen molar-refractivity contribution in [1.29, 1.82) is 5.41 Å². The van der Waals surface area contributed by atoms with Crippen molar-refractivity contribution >= 4 is 33.2 Å². The Bertz CT molecular complexity index is 818. The van der Waals surface area contributed by atoms with E-state index in [1.54, 1.807) is 12.1 Å². The number of hydrogen-bond acceptors (Lipinski definition) is 4. The number of nitrogens with one attached hydrogen (secondary N) is 2. The van der Waals surface area contributed by atoms with Gasteiger partial charge in [0.05, 0.1) is 16.4 Å². The van der Waals surface area contributed by atoms with Gasteiger partial charge in [-0.1, -0.05) is 50.5 Å². The topological polar surface area (TPSA) is 76.5 Å². The SMILES string of the molecule is CCCC(=S)NCCc1ccc(S(=O)(=O)N2CCN(C3CCCCC3)C2=N)cc1. The first-order valence-electron chi connectivity index (χ1n) is 10.7. The van der Waals surface area contributed by atoms with E-state index in [0.717, 1.165) is 49.2 Å². The van der Waals surface area contributed by atoms with Crippen LogP contribution in [0.2, 0.25) is 0 Å². The standard InChI is InChI=1S/C21H32N4O2S2/c1-2-6-20(28)23-14-13-17-9-11-19(12-10-17)29(26,27)25-16-15-24(21(25)22)18-7-4-3-5-8-18/h9-12,18,22H,2-8,13-16H2,1H3,(H,23,28). The number of nitrogens with zero attached hydrogens (tertiary/aromatic N) is 2. The molecule has 2 fully saturated rings. The highest BCUT2D eigenvalue weighted by atomic mass is 32.2. The summed E-state index contributed by atoms with van der Waals surface area (Å²) >= 11 is 5.25. The Morgan fingerprint density at radius 2 is 1.86 bits per heavy atom. The van der Waals surface area contributed by atoms with E-state index < -0.39 is 10.0 Å². The van der Waals surface area contributed by atoms with E-state index in [4.69, 9.17) is 17.6 Å². The molecule has 1 aromatic rings. The molecule has 2 N–H and O–H groups in total. The van der Waals surface area contributed by atoms with Gasteiger partial charge in [0.15, 0.2) is 0 Å². The maximum Gasteiger partial charge on any atom is 0.266 e. The fraction of sp³-hybridized carbons (Fsp3) is 0.619. The van der Waals surface area contributed by atoms with E-state index in [-0.39, 0.29) is 10.9 Å². The van der Waals surface area contributed by atoms with Crippen LogP contribution < -0.4 is 5.32 Å². The molecule has 29 heavy (non-hydrogen) atoms. The molecule has 0 bridgehead atoms. The summed E-state index contributed by atoms with van der Waals surface area (Å²) in [4.78, 5) is 3.11. The highest BCUT2D eigenvalue weighted by molar-refractivity contribution is 7.89. The van der Waals surface area contributed by atoms with Crippen molar-refractivity contribution in [2.75, 3.05) is 19.6 Å². The van der Waals surface area contributed by atoms with Crippen LogP contribution in [-0.2, 0) is 16.4 Å². The van der Waals surface area contributed by atoms with Crippen molar-refractivity contribution in [1.82, 2.24) is 14.5 Å². The van der Waals surface area contributed by atoms with Gasteiger partial charge in [-0.05, 0) is 49.8 Å². The molecule has 3 rings (SSSR count). The van der Waals surface area contributed by atoms with E-state index in [1.807, 2.05) is 17.0 Å². The third kappa shape index (κ3) is 5.28. The number of rotatable bonds is 8. The molecule has 160 valence electrons. The molecule has 8 heteroatoms. The van der Waals surface area contributed by atoms with E-state index in [1.165, 1.54) is 23.6 Å². The van der Waals surface area contributed by atoms with Crippen LogP contribution in [0.25, 0.3) is 0 Å². The Balaban J connectivity index is 1.60. The predicted octanol–water partition coefficient (Wildman–Crippen LogP) is 3.52. The van der Waals surface area contributed by atoms with Gasteiger partial charge in [0.1, 0.15) is 0 Å². The highest BCUT2D eigenvalue weighted by Gasteiger charge is 2.38. The third-order valence-corrected chi connectivity index (χ3v) is 7.94. The van der Waals surface area contributed by atoms with E-state index in [2.05, 4.69) is 12.2 Å². The molecule has 6 nitrogen and oxygen atoms in total. The molecule has 1 saturated heterocycles. The van der Waals surface area contributed by atoms with Gasteiger partial charge in [-0.25, -0.2) is 12.7 Å². The quantitative estimate of drug-likeness (QED) is 0.610. The smallest absolute Gasteiger partial charge is 0.266 e. The average molecular weight is 437 g/mol. The molecule has 0 amide bonds. The zero-order valence-corrected chi connectivity index (χ0v) is 18.8. The minimum absolute atomic E-state index is 0.134. The van der Waals surface area contributed by atoms with Gasteiger partial charge in [-0.2, -0.15) is 0 Å². The molecular weight excluding hydrogens is 404 g/mol. The Morgan fingerprint density at radius 1 is 1.17 bits per heavy atom. The van der Waals surface area contributed by atoms with Crippen LogP contribution in [0.3, 0.4) is 0 Å². The lowest BCUT2D eigenvalue weighted by Gasteiger charge is -2.32. The van der Waals surface area contributed by atoms with Gasteiger partial charge in [-0.15, -0.1) is 0 Å². The zero-order valence-electron chi connectivity index (χ0n) is 17.2. The van der Waals surface area contributed by atoms with Gasteiger partial charge in [0.25, 0.3) is 10.0 Å². The van der Waals surface area contributed by atoms with Gasteiger partial charge >= 0.3 is 0 Å². The summed E-state index contributed by atoms with van der Waals surface area (Å²) < 4.78 is 27.4. The van der Waals surface area contributed by atoms with Crippen LogP contribution in [0.15, 0.2) is 29.2 Å². The number of thiocarbonyl (C=S) groups is 1. The molecule has 1 aliphatic heterocycles. The molecule has 1 aromatic carbocycles. The Kier molecular flexibility index (Phi) is 7.51. The third-order valence-electron chi connectivity index (χ3n) is 5.79. The van der Waals surface area contributed by atoms with Gasteiger partial charge in [-0.3, -0.25) is 5.41 Å². The lowest BCUT2D eigenvalue weighted by molar-refractivity contribution is 0.260. The van der Waals surface area contributed by atoms with Crippen molar-refractivity contribution in [3.63, 3.8) is 0 Å². The fourth-order valence-electron chi connectivity index (χ4n) is 4.15. The van der Waals surface area contributed by atoms with Gasteiger partial charge in [0.2, 0.25) is 5.96 Å². The molecule has 0 atom stereocenters. The molecular formula is C21H32N4O2S2. The van der Waals surface area contributed by atoms with Crippen molar-refractivity contribution in [2.45, 2.75) is 69.2 Å². The first kappa shape index (κ1) is 22.0. The summed E-state index contributed by atoms with van der Waals surface area (Å²) in [5, 5.41) is 11.7. The first-order valence-corrected chi connectivity index (χ1v) is 12.5. The van der Waals surface area contributed by atoms with Crippen LogP contribution >= 0.6 is 12.2 Å². The second-order valence-electron chi connectivity index (χ2n) is 7.88. The predicted molar refractivity (Wildman–Crippen MR) is 121 cm³/mol. The Hall–Kier alpha value is -1.67. The van der Waals surface area contributed by atoms with Crippen LogP contribution in [0.1, 0.15) is 57.4 Å². The summed E-state index contributed by atoms with van der Waals surface area (Å²) in [6.07, 6.45) is 8.40. The average Bonchev–Trinajstić information content (AvgIpc) is 3.11. The second-order valence-corrected chi connectivity index (χ2v) is 10.2. The van der Waals surface area contributed by atoms with Gasteiger partial charge < -0.3 is 10.2 Å². The summed E-state index contributed by atoms with van der Waals surface area (Å²) in [7, 11) is -3.69. The maximum absolute atomic E-state index is 13.1. The van der Waals surface area contributed by atoms with E-state index >= 15 is 0 Å². The first-order chi connectivity index (χ1) is 13.9. The zero-order chi connectivity index (χ0) is 20.9. The minimum Gasteiger partial charge on any atom is -0.379 e. The monoisotopic (exact) mass is 436 g/mol. The number of hydrogen-bond donors (Lipinski definition) is 2. The number of guanidine groups is 1. The van der Waals surface area contributed by atoms with E-state index in [9.17, 15) is 8.42 Å².